The predicted octanol–water partition coefficient (Wildman–Crippen LogP) is 2.91. The average Bonchev–Trinajstić information content (AvgIpc) is 2.86. The molecule has 0 radical (unpaired) electrons. The standard InChI is InChI=1S/C13H18FN5O/c1-4-5-15-13-17-7-10(14)11(19-13)18-9(3)12-16-6-8(2)20-12/h6-7,9H,4-5H2,1-3H3,(H2,15,17,18,19). The number of hydrogen-bond donors (Lipinski definition) is 2. The second kappa shape index (κ2) is 6.31. The molecule has 0 aliphatic heterocycles. The van der Waals surface area contributed by atoms with Crippen molar-refractivity contribution in [2.24, 2.45) is 0 Å². The van der Waals surface area contributed by atoms with E-state index in [9.17, 15) is 4.39 Å². The molecule has 0 fully saturated rings. The average molecular weight is 279 g/mol. The lowest BCUT2D eigenvalue weighted by molar-refractivity contribution is 0.452. The van der Waals surface area contributed by atoms with Crippen LogP contribution in [0.25, 0.3) is 0 Å². The fourth-order valence-electron chi connectivity index (χ4n) is 1.63. The van der Waals surface area contributed by atoms with Crippen molar-refractivity contribution in [1.82, 2.24) is 15.0 Å². The summed E-state index contributed by atoms with van der Waals surface area (Å²) in [6.07, 6.45) is 3.70. The highest BCUT2D eigenvalue weighted by molar-refractivity contribution is 5.42. The molecule has 0 aliphatic carbocycles. The second-order valence-electron chi connectivity index (χ2n) is 4.49. The Kier molecular flexibility index (Phi) is 4.49. The van der Waals surface area contributed by atoms with E-state index >= 15 is 0 Å². The largest absolute Gasteiger partial charge is 0.444 e. The third-order valence-electron chi connectivity index (χ3n) is 2.64. The highest BCUT2D eigenvalue weighted by atomic mass is 19.1. The normalized spacial score (nSPS) is 12.2. The maximum atomic E-state index is 13.7. The fraction of sp³-hybridized carbons (Fsp3) is 0.462. The molecule has 6 nitrogen and oxygen atoms in total. The molecule has 0 saturated carbocycles. The number of halogens is 1. The van der Waals surface area contributed by atoms with Crippen molar-refractivity contribution in [1.29, 1.82) is 0 Å². The van der Waals surface area contributed by atoms with Gasteiger partial charge in [-0.15, -0.1) is 0 Å². The first kappa shape index (κ1) is 14.2. The van der Waals surface area contributed by atoms with Crippen LogP contribution in [0, 0.1) is 12.7 Å². The van der Waals surface area contributed by atoms with E-state index in [1.807, 2.05) is 13.8 Å². The van der Waals surface area contributed by atoms with Crippen LogP contribution in [0.5, 0.6) is 0 Å². The maximum absolute atomic E-state index is 13.7. The van der Waals surface area contributed by atoms with Gasteiger partial charge in [-0.05, 0) is 20.3 Å². The molecule has 0 aromatic carbocycles. The van der Waals surface area contributed by atoms with E-state index in [1.54, 1.807) is 13.1 Å². The molecular weight excluding hydrogens is 261 g/mol. The van der Waals surface area contributed by atoms with Gasteiger partial charge in [0.25, 0.3) is 0 Å². The van der Waals surface area contributed by atoms with Crippen LogP contribution in [0.3, 0.4) is 0 Å². The van der Waals surface area contributed by atoms with Crippen LogP contribution in [-0.4, -0.2) is 21.5 Å². The maximum Gasteiger partial charge on any atom is 0.224 e. The Morgan fingerprint density at radius 2 is 2.15 bits per heavy atom. The van der Waals surface area contributed by atoms with Gasteiger partial charge in [0, 0.05) is 6.54 Å². The van der Waals surface area contributed by atoms with Gasteiger partial charge in [-0.25, -0.2) is 14.4 Å². The van der Waals surface area contributed by atoms with Crippen LogP contribution in [0.15, 0.2) is 16.8 Å². The van der Waals surface area contributed by atoms with Crippen LogP contribution >= 0.6 is 0 Å². The molecular formula is C13H18FN5O. The van der Waals surface area contributed by atoms with Gasteiger partial charge in [-0.1, -0.05) is 6.92 Å². The first-order valence-electron chi connectivity index (χ1n) is 6.55. The summed E-state index contributed by atoms with van der Waals surface area (Å²) in [5, 5.41) is 5.95. The van der Waals surface area contributed by atoms with Crippen molar-refractivity contribution in [3.63, 3.8) is 0 Å². The van der Waals surface area contributed by atoms with Crippen molar-refractivity contribution in [3.8, 4) is 0 Å². The van der Waals surface area contributed by atoms with E-state index in [4.69, 9.17) is 4.42 Å². The predicted molar refractivity (Wildman–Crippen MR) is 74.0 cm³/mol. The summed E-state index contributed by atoms with van der Waals surface area (Å²) in [6, 6.07) is -0.285. The SMILES string of the molecule is CCCNc1ncc(F)c(NC(C)c2ncc(C)o2)n1. The number of hydrogen-bond acceptors (Lipinski definition) is 6. The van der Waals surface area contributed by atoms with E-state index in [0.29, 0.717) is 17.6 Å². The molecule has 0 saturated heterocycles. The van der Waals surface area contributed by atoms with Gasteiger partial charge in [-0.3, -0.25) is 0 Å². The minimum atomic E-state index is -0.512. The Hall–Kier alpha value is -2.18. The summed E-state index contributed by atoms with van der Waals surface area (Å²) in [4.78, 5) is 12.1. The summed E-state index contributed by atoms with van der Waals surface area (Å²) in [5.41, 5.74) is 0. The minimum Gasteiger partial charge on any atom is -0.444 e. The molecule has 1 atom stereocenters. The van der Waals surface area contributed by atoms with Gasteiger partial charge in [-0.2, -0.15) is 4.98 Å². The number of aryl methyl sites for hydroxylation is 1. The number of anilines is 2. The van der Waals surface area contributed by atoms with Crippen molar-refractivity contribution in [2.75, 3.05) is 17.2 Å². The topological polar surface area (TPSA) is 75.9 Å². The number of nitrogens with zero attached hydrogens (tertiary/aromatic N) is 3. The lowest BCUT2D eigenvalue weighted by Gasteiger charge is -2.12. The number of nitrogens with one attached hydrogen (secondary N) is 2. The van der Waals surface area contributed by atoms with Crippen LogP contribution in [-0.2, 0) is 0 Å². The zero-order valence-electron chi connectivity index (χ0n) is 11.8. The Balaban J connectivity index is 2.11. The van der Waals surface area contributed by atoms with Gasteiger partial charge in [0.2, 0.25) is 11.8 Å². The fourth-order valence-corrected chi connectivity index (χ4v) is 1.63. The molecule has 0 spiro atoms. The summed E-state index contributed by atoms with van der Waals surface area (Å²) in [7, 11) is 0. The molecule has 108 valence electrons. The summed E-state index contributed by atoms with van der Waals surface area (Å²) in [6.45, 7) is 6.40. The molecule has 0 bridgehead atoms. The number of rotatable bonds is 6. The molecule has 2 heterocycles. The van der Waals surface area contributed by atoms with Gasteiger partial charge in [0.15, 0.2) is 11.6 Å². The quantitative estimate of drug-likeness (QED) is 0.846. The van der Waals surface area contributed by atoms with Crippen molar-refractivity contribution >= 4 is 11.8 Å². The van der Waals surface area contributed by atoms with Crippen molar-refractivity contribution in [2.45, 2.75) is 33.2 Å². The van der Waals surface area contributed by atoms with Crippen molar-refractivity contribution in [3.05, 3.63) is 29.9 Å². The molecule has 0 amide bonds. The van der Waals surface area contributed by atoms with Crippen LogP contribution in [0.2, 0.25) is 0 Å². The number of oxazole rings is 1. The van der Waals surface area contributed by atoms with E-state index in [-0.39, 0.29) is 11.9 Å². The second-order valence-corrected chi connectivity index (χ2v) is 4.49. The molecule has 0 aliphatic rings. The summed E-state index contributed by atoms with van der Waals surface area (Å²) in [5.74, 6) is 1.21. The van der Waals surface area contributed by atoms with Gasteiger partial charge < -0.3 is 15.1 Å². The Morgan fingerprint density at radius 3 is 2.80 bits per heavy atom. The Labute approximate surface area is 116 Å². The molecule has 2 rings (SSSR count). The Morgan fingerprint density at radius 1 is 1.35 bits per heavy atom. The van der Waals surface area contributed by atoms with Gasteiger partial charge in [0.05, 0.1) is 12.4 Å². The molecule has 20 heavy (non-hydrogen) atoms. The lowest BCUT2D eigenvalue weighted by atomic mass is 10.3. The summed E-state index contributed by atoms with van der Waals surface area (Å²) < 4.78 is 19.1. The Bertz CT molecular complexity index is 572. The lowest BCUT2D eigenvalue weighted by Crippen LogP contribution is -2.12. The number of aromatic nitrogens is 3. The molecule has 7 heteroatoms. The molecule has 2 aromatic heterocycles. The zero-order chi connectivity index (χ0) is 14.5. The van der Waals surface area contributed by atoms with E-state index in [0.717, 1.165) is 19.2 Å². The smallest absolute Gasteiger partial charge is 0.224 e. The third kappa shape index (κ3) is 3.43. The van der Waals surface area contributed by atoms with Crippen LogP contribution in [0.1, 0.15) is 38.0 Å². The van der Waals surface area contributed by atoms with Gasteiger partial charge in [0.1, 0.15) is 11.8 Å². The molecule has 2 N–H and O–H groups in total. The highest BCUT2D eigenvalue weighted by Gasteiger charge is 2.15. The van der Waals surface area contributed by atoms with E-state index < -0.39 is 5.82 Å². The third-order valence-corrected chi connectivity index (χ3v) is 2.64. The van der Waals surface area contributed by atoms with Gasteiger partial charge >= 0.3 is 0 Å². The summed E-state index contributed by atoms with van der Waals surface area (Å²) >= 11 is 0. The monoisotopic (exact) mass is 279 g/mol. The van der Waals surface area contributed by atoms with E-state index in [1.165, 1.54) is 0 Å². The first-order chi connectivity index (χ1) is 9.60. The minimum absolute atomic E-state index is 0.127. The highest BCUT2D eigenvalue weighted by Crippen LogP contribution is 2.20. The van der Waals surface area contributed by atoms with Crippen LogP contribution in [0.4, 0.5) is 16.2 Å². The van der Waals surface area contributed by atoms with E-state index in [2.05, 4.69) is 25.6 Å². The molecule has 2 aromatic rings. The molecule has 1 unspecified atom stereocenters. The zero-order valence-corrected chi connectivity index (χ0v) is 11.8. The van der Waals surface area contributed by atoms with Crippen molar-refractivity contribution < 1.29 is 8.81 Å². The first-order valence-corrected chi connectivity index (χ1v) is 6.55. The van der Waals surface area contributed by atoms with Crippen LogP contribution < -0.4 is 10.6 Å².